The van der Waals surface area contributed by atoms with Gasteiger partial charge in [-0.1, -0.05) is 32.4 Å². The minimum atomic E-state index is -0.124. The van der Waals surface area contributed by atoms with Crippen molar-refractivity contribution < 1.29 is 9.47 Å². The van der Waals surface area contributed by atoms with Crippen LogP contribution in [-0.2, 0) is 6.42 Å². The van der Waals surface area contributed by atoms with Crippen LogP contribution in [0.4, 0.5) is 0 Å². The van der Waals surface area contributed by atoms with Crippen LogP contribution < -0.4 is 14.8 Å². The fourth-order valence-electron chi connectivity index (χ4n) is 2.70. The Bertz CT molecular complexity index is 456. The van der Waals surface area contributed by atoms with Crippen LogP contribution >= 0.6 is 0 Å². The van der Waals surface area contributed by atoms with Crippen LogP contribution in [0.1, 0.15) is 39.7 Å². The van der Waals surface area contributed by atoms with E-state index in [2.05, 4.69) is 45.1 Å². The van der Waals surface area contributed by atoms with E-state index in [0.717, 1.165) is 24.3 Å². The molecular formula is C17H27NO2. The lowest BCUT2D eigenvalue weighted by molar-refractivity contribution is 0.129. The lowest BCUT2D eigenvalue weighted by atomic mass is 10.00. The van der Waals surface area contributed by atoms with Crippen molar-refractivity contribution in [1.82, 2.24) is 5.32 Å². The number of benzene rings is 1. The van der Waals surface area contributed by atoms with Crippen LogP contribution in [0.2, 0.25) is 0 Å². The van der Waals surface area contributed by atoms with Gasteiger partial charge >= 0.3 is 0 Å². The molecule has 1 aliphatic heterocycles. The van der Waals surface area contributed by atoms with Crippen molar-refractivity contribution in [2.24, 2.45) is 5.92 Å². The molecule has 0 aromatic heterocycles. The number of nitrogens with one attached hydrogen (secondary N) is 1. The third kappa shape index (κ3) is 3.26. The van der Waals surface area contributed by atoms with Crippen molar-refractivity contribution in [1.29, 1.82) is 0 Å². The van der Waals surface area contributed by atoms with E-state index in [0.29, 0.717) is 18.6 Å². The van der Waals surface area contributed by atoms with Gasteiger partial charge in [0.25, 0.3) is 0 Å². The van der Waals surface area contributed by atoms with Crippen molar-refractivity contribution in [2.75, 3.05) is 13.7 Å². The largest absolute Gasteiger partial charge is 0.488 e. The Balaban J connectivity index is 2.07. The first kappa shape index (κ1) is 15.2. The van der Waals surface area contributed by atoms with Gasteiger partial charge in [0.1, 0.15) is 12.2 Å². The molecule has 1 aromatic rings. The normalized spacial score (nSPS) is 19.1. The third-order valence-corrected chi connectivity index (χ3v) is 4.18. The molecule has 0 saturated carbocycles. The van der Waals surface area contributed by atoms with Gasteiger partial charge < -0.3 is 14.8 Å². The predicted molar refractivity (Wildman–Crippen MR) is 82.7 cm³/mol. The van der Waals surface area contributed by atoms with Crippen molar-refractivity contribution in [3.05, 3.63) is 23.8 Å². The first-order valence-corrected chi connectivity index (χ1v) is 7.58. The number of hydrogen-bond donors (Lipinski definition) is 1. The highest BCUT2D eigenvalue weighted by Crippen LogP contribution is 2.41. The molecule has 0 spiro atoms. The summed E-state index contributed by atoms with van der Waals surface area (Å²) in [5, 5.41) is 3.34. The van der Waals surface area contributed by atoms with Crippen LogP contribution in [0, 0.1) is 5.92 Å². The fourth-order valence-corrected chi connectivity index (χ4v) is 2.70. The Morgan fingerprint density at radius 2 is 2.15 bits per heavy atom. The second-order valence-electron chi connectivity index (χ2n) is 6.37. The number of hydrogen-bond acceptors (Lipinski definition) is 3. The molecule has 0 radical (unpaired) electrons. The fraction of sp³-hybridized carbons (Fsp3) is 0.647. The highest BCUT2D eigenvalue weighted by atomic mass is 16.5. The minimum absolute atomic E-state index is 0.124. The Morgan fingerprint density at radius 3 is 2.80 bits per heavy atom. The minimum Gasteiger partial charge on any atom is -0.488 e. The summed E-state index contributed by atoms with van der Waals surface area (Å²) in [7, 11) is 2.00. The summed E-state index contributed by atoms with van der Waals surface area (Å²) in [6, 6.07) is 6.55. The SMILES string of the molecule is CCC(C)C(COc1cccc2c1OC(C)(C)C2)NC. The molecule has 0 bridgehead atoms. The maximum absolute atomic E-state index is 6.03. The van der Waals surface area contributed by atoms with Crippen LogP contribution in [0.15, 0.2) is 18.2 Å². The second kappa shape index (κ2) is 6.04. The smallest absolute Gasteiger partial charge is 0.165 e. The number of ether oxygens (including phenoxy) is 2. The highest BCUT2D eigenvalue weighted by Gasteiger charge is 2.32. The highest BCUT2D eigenvalue weighted by molar-refractivity contribution is 5.50. The van der Waals surface area contributed by atoms with Gasteiger partial charge in [-0.2, -0.15) is 0 Å². The first-order valence-electron chi connectivity index (χ1n) is 7.58. The molecule has 3 heteroatoms. The standard InChI is InChI=1S/C17H27NO2/c1-6-12(2)14(18-5)11-19-15-9-7-8-13-10-17(3,4)20-16(13)15/h7-9,12,14,18H,6,10-11H2,1-5H3. The monoisotopic (exact) mass is 277 g/mol. The summed E-state index contributed by atoms with van der Waals surface area (Å²) >= 11 is 0. The molecule has 2 unspecified atom stereocenters. The molecule has 1 heterocycles. The van der Waals surface area contributed by atoms with Crippen molar-refractivity contribution in [3.8, 4) is 11.5 Å². The lowest BCUT2D eigenvalue weighted by Gasteiger charge is -2.23. The molecule has 1 N–H and O–H groups in total. The molecule has 0 aliphatic carbocycles. The molecule has 112 valence electrons. The van der Waals surface area contributed by atoms with Crippen LogP contribution in [0.25, 0.3) is 0 Å². The van der Waals surface area contributed by atoms with Gasteiger partial charge in [0.15, 0.2) is 11.5 Å². The molecular weight excluding hydrogens is 250 g/mol. The second-order valence-corrected chi connectivity index (χ2v) is 6.37. The predicted octanol–water partition coefficient (Wildman–Crippen LogP) is 3.41. The molecule has 0 saturated heterocycles. The van der Waals surface area contributed by atoms with Crippen molar-refractivity contribution in [2.45, 2.75) is 52.2 Å². The molecule has 2 rings (SSSR count). The summed E-state index contributed by atoms with van der Waals surface area (Å²) in [5.74, 6) is 2.39. The van der Waals surface area contributed by atoms with E-state index >= 15 is 0 Å². The molecule has 0 amide bonds. The summed E-state index contributed by atoms with van der Waals surface area (Å²) in [6.07, 6.45) is 2.09. The van der Waals surface area contributed by atoms with Gasteiger partial charge in [0.2, 0.25) is 0 Å². The van der Waals surface area contributed by atoms with Gasteiger partial charge in [-0.25, -0.2) is 0 Å². The van der Waals surface area contributed by atoms with E-state index in [1.165, 1.54) is 5.56 Å². The zero-order valence-electron chi connectivity index (χ0n) is 13.3. The number of para-hydroxylation sites is 1. The van der Waals surface area contributed by atoms with E-state index in [1.807, 2.05) is 13.1 Å². The van der Waals surface area contributed by atoms with Crippen molar-refractivity contribution >= 4 is 0 Å². The maximum atomic E-state index is 6.03. The number of fused-ring (bicyclic) bond motifs is 1. The van der Waals surface area contributed by atoms with Gasteiger partial charge in [0.05, 0.1) is 0 Å². The van der Waals surface area contributed by atoms with E-state index < -0.39 is 0 Å². The van der Waals surface area contributed by atoms with E-state index in [1.54, 1.807) is 0 Å². The van der Waals surface area contributed by atoms with Gasteiger partial charge in [-0.15, -0.1) is 0 Å². The topological polar surface area (TPSA) is 30.5 Å². The van der Waals surface area contributed by atoms with Gasteiger partial charge in [-0.3, -0.25) is 0 Å². The van der Waals surface area contributed by atoms with Crippen molar-refractivity contribution in [3.63, 3.8) is 0 Å². The lowest BCUT2D eigenvalue weighted by Crippen LogP contribution is -2.37. The van der Waals surface area contributed by atoms with E-state index in [4.69, 9.17) is 9.47 Å². The quantitative estimate of drug-likeness (QED) is 0.864. The average Bonchev–Trinajstić information content (AvgIpc) is 2.73. The van der Waals surface area contributed by atoms with Crippen LogP contribution in [-0.4, -0.2) is 25.3 Å². The molecule has 2 atom stereocenters. The average molecular weight is 277 g/mol. The Labute approximate surface area is 122 Å². The summed E-state index contributed by atoms with van der Waals surface area (Å²) in [5.41, 5.74) is 1.12. The molecule has 20 heavy (non-hydrogen) atoms. The van der Waals surface area contributed by atoms with E-state index in [9.17, 15) is 0 Å². The molecule has 1 aliphatic rings. The maximum Gasteiger partial charge on any atom is 0.165 e. The molecule has 3 nitrogen and oxygen atoms in total. The summed E-state index contributed by atoms with van der Waals surface area (Å²) in [6.45, 7) is 9.37. The zero-order valence-corrected chi connectivity index (χ0v) is 13.3. The Kier molecular flexibility index (Phi) is 4.59. The zero-order chi connectivity index (χ0) is 14.8. The summed E-state index contributed by atoms with van der Waals surface area (Å²) < 4.78 is 12.1. The van der Waals surface area contributed by atoms with E-state index in [-0.39, 0.29) is 5.60 Å². The first-order chi connectivity index (χ1) is 9.46. The number of likely N-dealkylation sites (N-methyl/N-ethyl adjacent to an activating group) is 1. The molecule has 1 aromatic carbocycles. The Morgan fingerprint density at radius 1 is 1.40 bits per heavy atom. The summed E-state index contributed by atoms with van der Waals surface area (Å²) in [4.78, 5) is 0. The Hall–Kier alpha value is -1.22. The number of rotatable bonds is 6. The van der Waals surface area contributed by atoms with Crippen LogP contribution in [0.3, 0.4) is 0 Å². The van der Waals surface area contributed by atoms with Gasteiger partial charge in [0, 0.05) is 18.0 Å². The third-order valence-electron chi connectivity index (χ3n) is 4.18. The molecule has 0 fully saturated rings. The van der Waals surface area contributed by atoms with Gasteiger partial charge in [-0.05, 0) is 32.9 Å². The van der Waals surface area contributed by atoms with Crippen LogP contribution in [0.5, 0.6) is 11.5 Å².